The third-order valence-electron chi connectivity index (χ3n) is 3.46. The van der Waals surface area contributed by atoms with Gasteiger partial charge in [0.05, 0.1) is 12.8 Å². The third kappa shape index (κ3) is 3.55. The summed E-state index contributed by atoms with van der Waals surface area (Å²) in [7, 11) is 0. The quantitative estimate of drug-likeness (QED) is 0.751. The van der Waals surface area contributed by atoms with Crippen LogP contribution in [0.5, 0.6) is 0 Å². The first-order chi connectivity index (χ1) is 11.6. The van der Waals surface area contributed by atoms with Crippen molar-refractivity contribution in [1.82, 2.24) is 4.90 Å². The number of carboxylic acids is 1. The molecular formula is C18H15NO5. The van der Waals surface area contributed by atoms with Gasteiger partial charge in [-0.1, -0.05) is 30.3 Å². The Morgan fingerprint density at radius 1 is 0.917 bits per heavy atom. The van der Waals surface area contributed by atoms with E-state index in [4.69, 9.17) is 13.9 Å². The van der Waals surface area contributed by atoms with Crippen LogP contribution in [0.2, 0.25) is 0 Å². The van der Waals surface area contributed by atoms with Crippen molar-refractivity contribution in [2.75, 3.05) is 0 Å². The molecule has 2 aromatic heterocycles. The molecule has 3 rings (SSSR count). The first-order valence-electron chi connectivity index (χ1n) is 7.32. The van der Waals surface area contributed by atoms with Gasteiger partial charge < -0.3 is 18.8 Å². The number of carbonyl (C=O) groups is 2. The van der Waals surface area contributed by atoms with Crippen LogP contribution >= 0.6 is 0 Å². The fourth-order valence-electron chi connectivity index (χ4n) is 2.32. The fourth-order valence-corrected chi connectivity index (χ4v) is 2.32. The van der Waals surface area contributed by atoms with Gasteiger partial charge in [0.2, 0.25) is 5.76 Å². The van der Waals surface area contributed by atoms with Gasteiger partial charge in [0.1, 0.15) is 5.76 Å². The molecule has 0 aliphatic carbocycles. The molecule has 6 heteroatoms. The SMILES string of the molecule is O=C(O)c1ccc(C(=O)N(Cc2ccccc2)Cc2ccco2)o1. The molecule has 0 unspecified atom stereocenters. The molecule has 0 radical (unpaired) electrons. The average molecular weight is 325 g/mol. The Morgan fingerprint density at radius 2 is 1.67 bits per heavy atom. The van der Waals surface area contributed by atoms with Crippen molar-refractivity contribution in [3.63, 3.8) is 0 Å². The maximum atomic E-state index is 12.7. The number of amides is 1. The monoisotopic (exact) mass is 325 g/mol. The molecule has 0 atom stereocenters. The maximum absolute atomic E-state index is 12.7. The van der Waals surface area contributed by atoms with Crippen LogP contribution in [-0.2, 0) is 13.1 Å². The molecule has 2 heterocycles. The van der Waals surface area contributed by atoms with Gasteiger partial charge in [0, 0.05) is 6.54 Å². The molecular weight excluding hydrogens is 310 g/mol. The Balaban J connectivity index is 1.84. The molecule has 0 aliphatic heterocycles. The number of rotatable bonds is 6. The Bertz CT molecular complexity index is 820. The number of hydrogen-bond acceptors (Lipinski definition) is 4. The summed E-state index contributed by atoms with van der Waals surface area (Å²) < 4.78 is 10.4. The van der Waals surface area contributed by atoms with Gasteiger partial charge in [-0.2, -0.15) is 0 Å². The smallest absolute Gasteiger partial charge is 0.371 e. The molecule has 1 aromatic carbocycles. The van der Waals surface area contributed by atoms with Gasteiger partial charge in [-0.25, -0.2) is 4.79 Å². The third-order valence-corrected chi connectivity index (χ3v) is 3.46. The van der Waals surface area contributed by atoms with Crippen LogP contribution in [0.3, 0.4) is 0 Å². The number of carboxylic acid groups (broad SMARTS) is 1. The van der Waals surface area contributed by atoms with E-state index in [9.17, 15) is 9.59 Å². The molecule has 0 saturated heterocycles. The highest BCUT2D eigenvalue weighted by atomic mass is 16.4. The summed E-state index contributed by atoms with van der Waals surface area (Å²) in [6, 6.07) is 15.6. The van der Waals surface area contributed by atoms with Crippen molar-refractivity contribution in [1.29, 1.82) is 0 Å². The van der Waals surface area contributed by atoms with Crippen molar-refractivity contribution in [3.8, 4) is 0 Å². The molecule has 0 bridgehead atoms. The molecule has 0 fully saturated rings. The van der Waals surface area contributed by atoms with E-state index in [1.807, 2.05) is 30.3 Å². The first kappa shape index (κ1) is 15.6. The summed E-state index contributed by atoms with van der Waals surface area (Å²) in [6.45, 7) is 0.604. The minimum atomic E-state index is -1.21. The van der Waals surface area contributed by atoms with Crippen LogP contribution in [0.1, 0.15) is 32.4 Å². The lowest BCUT2D eigenvalue weighted by molar-refractivity contribution is 0.0640. The largest absolute Gasteiger partial charge is 0.475 e. The molecule has 1 amide bonds. The van der Waals surface area contributed by atoms with Crippen LogP contribution in [-0.4, -0.2) is 21.9 Å². The van der Waals surface area contributed by atoms with E-state index in [-0.39, 0.29) is 18.1 Å². The van der Waals surface area contributed by atoms with Crippen LogP contribution in [0.15, 0.2) is 69.7 Å². The predicted molar refractivity (Wildman–Crippen MR) is 84.4 cm³/mol. The summed E-state index contributed by atoms with van der Waals surface area (Å²) in [5.41, 5.74) is 0.947. The number of nitrogens with zero attached hydrogens (tertiary/aromatic N) is 1. The highest BCUT2D eigenvalue weighted by Crippen LogP contribution is 2.16. The first-order valence-corrected chi connectivity index (χ1v) is 7.32. The summed E-state index contributed by atoms with van der Waals surface area (Å²) in [6.07, 6.45) is 1.54. The Kier molecular flexibility index (Phi) is 4.47. The van der Waals surface area contributed by atoms with Gasteiger partial charge in [0.25, 0.3) is 5.91 Å². The lowest BCUT2D eigenvalue weighted by Crippen LogP contribution is -2.29. The molecule has 0 saturated carbocycles. The zero-order chi connectivity index (χ0) is 16.9. The Labute approximate surface area is 137 Å². The number of benzene rings is 1. The lowest BCUT2D eigenvalue weighted by Gasteiger charge is -2.20. The summed E-state index contributed by atoms with van der Waals surface area (Å²) in [5, 5.41) is 8.93. The Morgan fingerprint density at radius 3 is 2.29 bits per heavy atom. The number of carbonyl (C=O) groups excluding carboxylic acids is 1. The second-order valence-corrected chi connectivity index (χ2v) is 5.20. The summed E-state index contributed by atoms with van der Waals surface area (Å²) >= 11 is 0. The lowest BCUT2D eigenvalue weighted by atomic mass is 10.2. The van der Waals surface area contributed by atoms with E-state index < -0.39 is 11.9 Å². The standard InChI is InChI=1S/C18H15NO5/c20-17(15-8-9-16(24-15)18(21)22)19(12-14-7-4-10-23-14)11-13-5-2-1-3-6-13/h1-10H,11-12H2,(H,21,22). The van der Waals surface area contributed by atoms with Gasteiger partial charge >= 0.3 is 5.97 Å². The fraction of sp³-hybridized carbons (Fsp3) is 0.111. The normalized spacial score (nSPS) is 10.5. The molecule has 24 heavy (non-hydrogen) atoms. The van der Waals surface area contributed by atoms with Crippen molar-refractivity contribution >= 4 is 11.9 Å². The van der Waals surface area contributed by atoms with E-state index in [0.29, 0.717) is 12.3 Å². The van der Waals surface area contributed by atoms with Crippen molar-refractivity contribution in [3.05, 3.63) is 83.7 Å². The van der Waals surface area contributed by atoms with E-state index in [1.165, 1.54) is 18.4 Å². The molecule has 122 valence electrons. The molecule has 3 aromatic rings. The average Bonchev–Trinajstić information content (AvgIpc) is 3.26. The van der Waals surface area contributed by atoms with Crippen molar-refractivity contribution in [2.45, 2.75) is 13.1 Å². The summed E-state index contributed by atoms with van der Waals surface area (Å²) in [4.78, 5) is 25.2. The highest BCUT2D eigenvalue weighted by Gasteiger charge is 2.22. The Hall–Kier alpha value is -3.28. The number of aromatic carboxylic acids is 1. The number of furan rings is 2. The minimum absolute atomic E-state index is 0.0186. The zero-order valence-corrected chi connectivity index (χ0v) is 12.7. The molecule has 0 spiro atoms. The predicted octanol–water partition coefficient (Wildman–Crippen LogP) is 3.41. The van der Waals surface area contributed by atoms with Gasteiger partial charge in [-0.3, -0.25) is 4.79 Å². The van der Waals surface area contributed by atoms with Crippen LogP contribution in [0.4, 0.5) is 0 Å². The maximum Gasteiger partial charge on any atom is 0.371 e. The van der Waals surface area contributed by atoms with E-state index in [2.05, 4.69) is 0 Å². The highest BCUT2D eigenvalue weighted by molar-refractivity contribution is 5.93. The zero-order valence-electron chi connectivity index (χ0n) is 12.7. The van der Waals surface area contributed by atoms with Crippen LogP contribution < -0.4 is 0 Å². The minimum Gasteiger partial charge on any atom is -0.475 e. The van der Waals surface area contributed by atoms with Crippen molar-refractivity contribution < 1.29 is 23.5 Å². The second-order valence-electron chi connectivity index (χ2n) is 5.20. The van der Waals surface area contributed by atoms with Crippen molar-refractivity contribution in [2.24, 2.45) is 0 Å². The van der Waals surface area contributed by atoms with Gasteiger partial charge in [-0.05, 0) is 29.8 Å². The second kappa shape index (κ2) is 6.87. The summed E-state index contributed by atoms with van der Waals surface area (Å²) in [5.74, 6) is -1.27. The topological polar surface area (TPSA) is 83.9 Å². The van der Waals surface area contributed by atoms with E-state index in [1.54, 1.807) is 17.0 Å². The molecule has 1 N–H and O–H groups in total. The number of hydrogen-bond donors (Lipinski definition) is 1. The van der Waals surface area contributed by atoms with Crippen LogP contribution in [0.25, 0.3) is 0 Å². The van der Waals surface area contributed by atoms with Crippen LogP contribution in [0, 0.1) is 0 Å². The van der Waals surface area contributed by atoms with E-state index >= 15 is 0 Å². The van der Waals surface area contributed by atoms with Gasteiger partial charge in [-0.15, -0.1) is 0 Å². The molecule has 0 aliphatic rings. The van der Waals surface area contributed by atoms with E-state index in [0.717, 1.165) is 5.56 Å². The van der Waals surface area contributed by atoms with Gasteiger partial charge in [0.15, 0.2) is 5.76 Å². The molecule has 6 nitrogen and oxygen atoms in total.